The second-order valence-electron chi connectivity index (χ2n) is 6.41. The minimum atomic E-state index is 0.564. The molecular weight excluding hydrogens is 304 g/mol. The fraction of sp³-hybridized carbons (Fsp3) is 0.368. The number of para-hydroxylation sites is 1. The average molecular weight is 328 g/mol. The molecule has 0 bridgehead atoms. The minimum absolute atomic E-state index is 0.564. The molecule has 1 unspecified atom stereocenters. The Labute approximate surface area is 143 Å². The van der Waals surface area contributed by atoms with Gasteiger partial charge in [0.15, 0.2) is 0 Å². The SMILES string of the molecule is COc1ccc2c(c1CC(C)CN(C)C)Nc1ccccc1S2. The first kappa shape index (κ1) is 16.2. The van der Waals surface area contributed by atoms with Crippen LogP contribution < -0.4 is 10.1 Å². The lowest BCUT2D eigenvalue weighted by Crippen LogP contribution is -2.21. The third-order valence-corrected chi connectivity index (χ3v) is 5.18. The van der Waals surface area contributed by atoms with Crippen molar-refractivity contribution >= 4 is 23.1 Å². The molecule has 122 valence electrons. The molecule has 0 spiro atoms. The van der Waals surface area contributed by atoms with Crippen molar-refractivity contribution < 1.29 is 4.74 Å². The third kappa shape index (κ3) is 3.48. The number of hydrogen-bond acceptors (Lipinski definition) is 4. The molecule has 0 fully saturated rings. The van der Waals surface area contributed by atoms with Gasteiger partial charge in [-0.1, -0.05) is 30.8 Å². The van der Waals surface area contributed by atoms with Crippen molar-refractivity contribution in [1.29, 1.82) is 0 Å². The number of methoxy groups -OCH3 is 1. The summed E-state index contributed by atoms with van der Waals surface area (Å²) in [6.45, 7) is 3.36. The van der Waals surface area contributed by atoms with Gasteiger partial charge in [0.1, 0.15) is 5.75 Å². The second kappa shape index (κ2) is 6.85. The lowest BCUT2D eigenvalue weighted by atomic mass is 9.98. The summed E-state index contributed by atoms with van der Waals surface area (Å²) >= 11 is 1.83. The van der Waals surface area contributed by atoms with Gasteiger partial charge in [-0.3, -0.25) is 0 Å². The van der Waals surface area contributed by atoms with Crippen LogP contribution in [0, 0.1) is 5.92 Å². The number of fused-ring (bicyclic) bond motifs is 2. The van der Waals surface area contributed by atoms with Crippen molar-refractivity contribution in [3.8, 4) is 5.75 Å². The number of anilines is 2. The predicted molar refractivity (Wildman–Crippen MR) is 98.3 cm³/mol. The van der Waals surface area contributed by atoms with Crippen molar-refractivity contribution in [2.24, 2.45) is 5.92 Å². The van der Waals surface area contributed by atoms with E-state index < -0.39 is 0 Å². The largest absolute Gasteiger partial charge is 0.496 e. The number of nitrogens with one attached hydrogen (secondary N) is 1. The zero-order chi connectivity index (χ0) is 16.4. The topological polar surface area (TPSA) is 24.5 Å². The van der Waals surface area contributed by atoms with E-state index in [0.717, 1.165) is 18.7 Å². The summed E-state index contributed by atoms with van der Waals surface area (Å²) in [5, 5.41) is 3.63. The maximum atomic E-state index is 5.64. The van der Waals surface area contributed by atoms with Gasteiger partial charge in [-0.25, -0.2) is 0 Å². The van der Waals surface area contributed by atoms with Crippen LogP contribution in [0.15, 0.2) is 46.2 Å². The van der Waals surface area contributed by atoms with E-state index in [9.17, 15) is 0 Å². The van der Waals surface area contributed by atoms with Crippen molar-refractivity contribution in [2.45, 2.75) is 23.1 Å². The Kier molecular flexibility index (Phi) is 4.83. The summed E-state index contributed by atoms with van der Waals surface area (Å²) in [4.78, 5) is 4.79. The molecule has 2 aromatic carbocycles. The van der Waals surface area contributed by atoms with Gasteiger partial charge in [-0.05, 0) is 50.7 Å². The van der Waals surface area contributed by atoms with E-state index >= 15 is 0 Å². The molecule has 1 heterocycles. The normalized spacial score (nSPS) is 14.0. The van der Waals surface area contributed by atoms with Crippen LogP contribution in [-0.2, 0) is 6.42 Å². The first-order valence-corrected chi connectivity index (χ1v) is 8.78. The molecule has 0 radical (unpaired) electrons. The van der Waals surface area contributed by atoms with Crippen LogP contribution in [0.1, 0.15) is 12.5 Å². The number of hydrogen-bond donors (Lipinski definition) is 1. The van der Waals surface area contributed by atoms with Crippen molar-refractivity contribution in [2.75, 3.05) is 33.1 Å². The van der Waals surface area contributed by atoms with Gasteiger partial charge in [0.05, 0.1) is 18.5 Å². The van der Waals surface area contributed by atoms with Gasteiger partial charge in [-0.2, -0.15) is 0 Å². The lowest BCUT2D eigenvalue weighted by Gasteiger charge is -2.26. The first-order chi connectivity index (χ1) is 11.1. The van der Waals surface area contributed by atoms with Crippen LogP contribution in [0.5, 0.6) is 5.75 Å². The average Bonchev–Trinajstić information content (AvgIpc) is 2.52. The maximum Gasteiger partial charge on any atom is 0.124 e. The fourth-order valence-corrected chi connectivity index (χ4v) is 4.20. The van der Waals surface area contributed by atoms with Crippen LogP contribution >= 0.6 is 11.8 Å². The Morgan fingerprint density at radius 2 is 1.91 bits per heavy atom. The van der Waals surface area contributed by atoms with Gasteiger partial charge in [0, 0.05) is 21.9 Å². The van der Waals surface area contributed by atoms with E-state index in [4.69, 9.17) is 4.74 Å². The molecule has 3 nitrogen and oxygen atoms in total. The van der Waals surface area contributed by atoms with Crippen LogP contribution in [0.3, 0.4) is 0 Å². The summed E-state index contributed by atoms with van der Waals surface area (Å²) in [6, 6.07) is 12.7. The van der Waals surface area contributed by atoms with E-state index in [0.29, 0.717) is 5.92 Å². The Balaban J connectivity index is 1.96. The molecule has 0 aromatic heterocycles. The molecule has 0 saturated heterocycles. The van der Waals surface area contributed by atoms with Crippen LogP contribution in [0.4, 0.5) is 11.4 Å². The highest BCUT2D eigenvalue weighted by Crippen LogP contribution is 2.47. The van der Waals surface area contributed by atoms with E-state index in [2.05, 4.69) is 67.6 Å². The Morgan fingerprint density at radius 1 is 1.13 bits per heavy atom. The van der Waals surface area contributed by atoms with Crippen molar-refractivity contribution in [1.82, 2.24) is 4.90 Å². The standard InChI is InChI=1S/C19H24N2OS/c1-13(12-21(2)3)11-14-16(22-4)9-10-18-19(14)20-15-7-5-6-8-17(15)23-18/h5-10,13,20H,11-12H2,1-4H3. The van der Waals surface area contributed by atoms with Gasteiger partial charge < -0.3 is 15.0 Å². The Morgan fingerprint density at radius 3 is 2.65 bits per heavy atom. The second-order valence-corrected chi connectivity index (χ2v) is 7.50. The summed E-state index contributed by atoms with van der Waals surface area (Å²) in [5.74, 6) is 1.54. The zero-order valence-electron chi connectivity index (χ0n) is 14.2. The highest BCUT2D eigenvalue weighted by molar-refractivity contribution is 7.99. The van der Waals surface area contributed by atoms with Crippen LogP contribution in [0.25, 0.3) is 0 Å². The van der Waals surface area contributed by atoms with Crippen molar-refractivity contribution in [3.05, 3.63) is 42.0 Å². The van der Waals surface area contributed by atoms with Crippen LogP contribution in [0.2, 0.25) is 0 Å². The van der Waals surface area contributed by atoms with E-state index in [1.807, 2.05) is 11.8 Å². The van der Waals surface area contributed by atoms with Gasteiger partial charge in [0.2, 0.25) is 0 Å². The van der Waals surface area contributed by atoms with Gasteiger partial charge in [-0.15, -0.1) is 0 Å². The summed E-state index contributed by atoms with van der Waals surface area (Å²) < 4.78 is 5.64. The molecule has 1 aliphatic heterocycles. The van der Waals surface area contributed by atoms with E-state index in [1.165, 1.54) is 26.7 Å². The van der Waals surface area contributed by atoms with E-state index in [-0.39, 0.29) is 0 Å². The molecule has 1 aliphatic rings. The number of ether oxygens (including phenoxy) is 1. The van der Waals surface area contributed by atoms with Gasteiger partial charge >= 0.3 is 0 Å². The summed E-state index contributed by atoms with van der Waals surface area (Å²) in [7, 11) is 6.00. The van der Waals surface area contributed by atoms with Crippen LogP contribution in [-0.4, -0.2) is 32.6 Å². The monoisotopic (exact) mass is 328 g/mol. The quantitative estimate of drug-likeness (QED) is 0.737. The third-order valence-electron chi connectivity index (χ3n) is 4.05. The molecule has 0 aliphatic carbocycles. The molecule has 3 rings (SSSR count). The molecule has 2 aromatic rings. The number of benzene rings is 2. The molecule has 0 saturated carbocycles. The predicted octanol–water partition coefficient (Wildman–Crippen LogP) is 4.64. The Hall–Kier alpha value is -1.65. The maximum absolute atomic E-state index is 5.64. The lowest BCUT2D eigenvalue weighted by molar-refractivity contribution is 0.334. The molecule has 1 N–H and O–H groups in total. The smallest absolute Gasteiger partial charge is 0.124 e. The first-order valence-electron chi connectivity index (χ1n) is 7.97. The molecule has 4 heteroatoms. The number of nitrogens with zero attached hydrogens (tertiary/aromatic N) is 1. The molecule has 0 amide bonds. The fourth-order valence-electron chi connectivity index (χ4n) is 3.17. The minimum Gasteiger partial charge on any atom is -0.496 e. The Bertz CT molecular complexity index is 700. The summed E-state index contributed by atoms with van der Waals surface area (Å²) in [5.41, 5.74) is 3.67. The molecule has 1 atom stereocenters. The number of rotatable bonds is 5. The van der Waals surface area contributed by atoms with E-state index in [1.54, 1.807) is 7.11 Å². The zero-order valence-corrected chi connectivity index (χ0v) is 15.0. The van der Waals surface area contributed by atoms with Crippen molar-refractivity contribution in [3.63, 3.8) is 0 Å². The van der Waals surface area contributed by atoms with Gasteiger partial charge in [0.25, 0.3) is 0 Å². The highest BCUT2D eigenvalue weighted by atomic mass is 32.2. The molecule has 23 heavy (non-hydrogen) atoms. The highest BCUT2D eigenvalue weighted by Gasteiger charge is 2.22. The molecular formula is C19H24N2OS. The summed E-state index contributed by atoms with van der Waals surface area (Å²) in [6.07, 6.45) is 1.00.